The lowest BCUT2D eigenvalue weighted by Crippen LogP contribution is -2.06. The maximum Gasteiger partial charge on any atom is 0.306 e. The number of benzene rings is 1. The molecule has 0 amide bonds. The van der Waals surface area contributed by atoms with Crippen molar-refractivity contribution in [2.45, 2.75) is 40.2 Å². The predicted molar refractivity (Wildman–Crippen MR) is 90.8 cm³/mol. The Kier molecular flexibility index (Phi) is 4.97. The zero-order valence-corrected chi connectivity index (χ0v) is 14.5. The minimum absolute atomic E-state index is 0.0931. The minimum Gasteiger partial charge on any atom is -0.459 e. The van der Waals surface area contributed by atoms with Crippen molar-refractivity contribution in [1.29, 1.82) is 0 Å². The molecular formula is C19H20N2O4. The highest BCUT2D eigenvalue weighted by molar-refractivity contribution is 5.69. The molecule has 0 saturated heterocycles. The number of rotatable bonds is 6. The second-order valence-electron chi connectivity index (χ2n) is 6.01. The summed E-state index contributed by atoms with van der Waals surface area (Å²) in [4.78, 5) is 11.9. The van der Waals surface area contributed by atoms with Crippen LogP contribution in [0.1, 0.15) is 34.7 Å². The van der Waals surface area contributed by atoms with Gasteiger partial charge >= 0.3 is 5.97 Å². The molecule has 25 heavy (non-hydrogen) atoms. The van der Waals surface area contributed by atoms with Crippen molar-refractivity contribution in [1.82, 2.24) is 10.3 Å². The second-order valence-corrected chi connectivity index (χ2v) is 6.01. The quantitative estimate of drug-likeness (QED) is 0.633. The van der Waals surface area contributed by atoms with E-state index in [9.17, 15) is 4.79 Å². The van der Waals surface area contributed by atoms with E-state index < -0.39 is 0 Å². The van der Waals surface area contributed by atoms with Crippen molar-refractivity contribution in [3.8, 4) is 11.3 Å². The highest BCUT2D eigenvalue weighted by Gasteiger charge is 2.13. The fraction of sp³-hybridized carbons (Fsp3) is 0.316. The molecule has 0 N–H and O–H groups in total. The zero-order chi connectivity index (χ0) is 17.8. The van der Waals surface area contributed by atoms with Crippen LogP contribution >= 0.6 is 0 Å². The number of ether oxygens (including phenoxy) is 1. The van der Waals surface area contributed by atoms with E-state index in [4.69, 9.17) is 13.8 Å². The molecule has 0 unspecified atom stereocenters. The zero-order valence-electron chi connectivity index (χ0n) is 14.5. The molecule has 6 nitrogen and oxygen atoms in total. The second kappa shape index (κ2) is 7.34. The van der Waals surface area contributed by atoms with Crippen LogP contribution in [0.5, 0.6) is 0 Å². The Morgan fingerprint density at radius 1 is 1.08 bits per heavy atom. The van der Waals surface area contributed by atoms with Gasteiger partial charge in [0.1, 0.15) is 18.1 Å². The molecule has 130 valence electrons. The molecule has 2 heterocycles. The topological polar surface area (TPSA) is 78.4 Å². The Hall–Kier alpha value is -2.89. The van der Waals surface area contributed by atoms with Gasteiger partial charge in [0.15, 0.2) is 5.76 Å². The largest absolute Gasteiger partial charge is 0.459 e. The van der Waals surface area contributed by atoms with Gasteiger partial charge in [-0.1, -0.05) is 40.1 Å². The fourth-order valence-electron chi connectivity index (χ4n) is 2.55. The summed E-state index contributed by atoms with van der Waals surface area (Å²) in [5, 5.41) is 7.82. The van der Waals surface area contributed by atoms with Gasteiger partial charge in [-0.2, -0.15) is 0 Å². The first-order valence-corrected chi connectivity index (χ1v) is 8.13. The van der Waals surface area contributed by atoms with Gasteiger partial charge in [-0.15, -0.1) is 0 Å². The molecule has 0 bridgehead atoms. The van der Waals surface area contributed by atoms with Gasteiger partial charge in [0.2, 0.25) is 0 Å². The molecule has 1 aromatic carbocycles. The molecular weight excluding hydrogens is 320 g/mol. The van der Waals surface area contributed by atoms with E-state index in [1.165, 1.54) is 5.56 Å². The standard InChI is InChI=1S/C19H20N2O4/c1-12-4-6-15(7-5-12)18-10-16(21-25-18)11-23-19(22)9-8-17-13(2)20-24-14(17)3/h4-7,10H,8-9,11H2,1-3H3. The van der Waals surface area contributed by atoms with Crippen LogP contribution in [0.15, 0.2) is 39.4 Å². The number of carbonyl (C=O) groups is 1. The molecule has 0 aliphatic heterocycles. The Morgan fingerprint density at radius 2 is 1.84 bits per heavy atom. The first kappa shape index (κ1) is 17.0. The third-order valence-electron chi connectivity index (χ3n) is 4.04. The van der Waals surface area contributed by atoms with Gasteiger partial charge in [0.05, 0.1) is 5.69 Å². The summed E-state index contributed by atoms with van der Waals surface area (Å²) >= 11 is 0. The summed E-state index contributed by atoms with van der Waals surface area (Å²) in [5.74, 6) is 1.10. The molecule has 0 aliphatic rings. The van der Waals surface area contributed by atoms with Gasteiger partial charge in [0, 0.05) is 23.6 Å². The van der Waals surface area contributed by atoms with Crippen LogP contribution in [0.25, 0.3) is 11.3 Å². The van der Waals surface area contributed by atoms with Gasteiger partial charge in [0.25, 0.3) is 0 Å². The smallest absolute Gasteiger partial charge is 0.306 e. The molecule has 0 radical (unpaired) electrons. The molecule has 0 spiro atoms. The summed E-state index contributed by atoms with van der Waals surface area (Å²) in [6, 6.07) is 9.73. The predicted octanol–water partition coefficient (Wildman–Crippen LogP) is 3.93. The van der Waals surface area contributed by atoms with Crippen molar-refractivity contribution in [2.75, 3.05) is 0 Å². The molecule has 0 fully saturated rings. The van der Waals surface area contributed by atoms with E-state index in [1.807, 2.05) is 45.0 Å². The Morgan fingerprint density at radius 3 is 2.52 bits per heavy atom. The summed E-state index contributed by atoms with van der Waals surface area (Å²) in [7, 11) is 0. The van der Waals surface area contributed by atoms with E-state index in [0.717, 1.165) is 22.6 Å². The first-order chi connectivity index (χ1) is 12.0. The third-order valence-corrected chi connectivity index (χ3v) is 4.04. The van der Waals surface area contributed by atoms with Crippen molar-refractivity contribution >= 4 is 5.97 Å². The number of nitrogens with zero attached hydrogens (tertiary/aromatic N) is 2. The number of hydrogen-bond donors (Lipinski definition) is 0. The summed E-state index contributed by atoms with van der Waals surface area (Å²) in [5.41, 5.74) is 4.47. The van der Waals surface area contributed by atoms with Crippen LogP contribution in [0.2, 0.25) is 0 Å². The Bertz CT molecular complexity index is 842. The average molecular weight is 340 g/mol. The number of hydrogen-bond acceptors (Lipinski definition) is 6. The van der Waals surface area contributed by atoms with E-state index in [0.29, 0.717) is 17.9 Å². The lowest BCUT2D eigenvalue weighted by molar-refractivity contribution is -0.145. The molecule has 0 aliphatic carbocycles. The maximum atomic E-state index is 11.9. The lowest BCUT2D eigenvalue weighted by atomic mass is 10.1. The normalized spacial score (nSPS) is 10.8. The van der Waals surface area contributed by atoms with E-state index in [-0.39, 0.29) is 19.0 Å². The van der Waals surface area contributed by atoms with Gasteiger partial charge in [-0.25, -0.2) is 0 Å². The van der Waals surface area contributed by atoms with E-state index in [1.54, 1.807) is 6.07 Å². The highest BCUT2D eigenvalue weighted by atomic mass is 16.5. The van der Waals surface area contributed by atoms with Crippen LogP contribution in [0, 0.1) is 20.8 Å². The Balaban J connectivity index is 1.52. The van der Waals surface area contributed by atoms with Gasteiger partial charge in [-0.05, 0) is 27.2 Å². The van der Waals surface area contributed by atoms with Crippen LogP contribution in [-0.4, -0.2) is 16.3 Å². The molecule has 0 atom stereocenters. The first-order valence-electron chi connectivity index (χ1n) is 8.13. The number of aryl methyl sites for hydroxylation is 3. The number of esters is 1. The molecule has 3 rings (SSSR count). The summed E-state index contributed by atoms with van der Waals surface area (Å²) in [6.07, 6.45) is 0.818. The highest BCUT2D eigenvalue weighted by Crippen LogP contribution is 2.21. The van der Waals surface area contributed by atoms with Crippen LogP contribution in [0.3, 0.4) is 0 Å². The maximum absolute atomic E-state index is 11.9. The molecule has 6 heteroatoms. The number of aromatic nitrogens is 2. The SMILES string of the molecule is Cc1ccc(-c2cc(COC(=O)CCc3c(C)noc3C)no2)cc1. The van der Waals surface area contributed by atoms with Crippen LogP contribution in [-0.2, 0) is 22.6 Å². The van der Waals surface area contributed by atoms with Gasteiger partial charge < -0.3 is 13.8 Å². The minimum atomic E-state index is -0.292. The summed E-state index contributed by atoms with van der Waals surface area (Å²) in [6.45, 7) is 5.81. The molecule has 2 aromatic heterocycles. The summed E-state index contributed by atoms with van der Waals surface area (Å²) < 4.78 is 15.7. The fourth-order valence-corrected chi connectivity index (χ4v) is 2.55. The average Bonchev–Trinajstić information content (AvgIpc) is 3.19. The van der Waals surface area contributed by atoms with Crippen LogP contribution in [0.4, 0.5) is 0 Å². The van der Waals surface area contributed by atoms with Crippen molar-refractivity contribution in [3.63, 3.8) is 0 Å². The number of carbonyl (C=O) groups excluding carboxylic acids is 1. The van der Waals surface area contributed by atoms with Crippen molar-refractivity contribution in [2.24, 2.45) is 0 Å². The molecule has 3 aromatic rings. The van der Waals surface area contributed by atoms with Crippen molar-refractivity contribution < 1.29 is 18.6 Å². The third kappa shape index (κ3) is 4.15. The van der Waals surface area contributed by atoms with E-state index >= 15 is 0 Å². The lowest BCUT2D eigenvalue weighted by Gasteiger charge is -2.02. The van der Waals surface area contributed by atoms with E-state index in [2.05, 4.69) is 10.3 Å². The Labute approximate surface area is 145 Å². The van der Waals surface area contributed by atoms with Crippen LogP contribution < -0.4 is 0 Å². The van der Waals surface area contributed by atoms with Gasteiger partial charge in [-0.3, -0.25) is 4.79 Å². The van der Waals surface area contributed by atoms with Crippen molar-refractivity contribution in [3.05, 3.63) is 58.6 Å². The monoisotopic (exact) mass is 340 g/mol. The molecule has 0 saturated carbocycles.